The maximum absolute atomic E-state index is 14.0. The molecule has 0 unspecified atom stereocenters. The van der Waals surface area contributed by atoms with Crippen molar-refractivity contribution in [3.05, 3.63) is 76.6 Å². The maximum atomic E-state index is 14.0. The van der Waals surface area contributed by atoms with Gasteiger partial charge in [0.2, 0.25) is 11.8 Å². The van der Waals surface area contributed by atoms with Crippen molar-refractivity contribution in [3.8, 4) is 5.75 Å². The van der Waals surface area contributed by atoms with Gasteiger partial charge in [0.1, 0.15) is 11.8 Å². The van der Waals surface area contributed by atoms with Crippen LogP contribution in [0, 0.1) is 5.41 Å². The summed E-state index contributed by atoms with van der Waals surface area (Å²) in [5.74, 6) is -0.966. The van der Waals surface area contributed by atoms with E-state index in [1.165, 1.54) is 18.2 Å². The summed E-state index contributed by atoms with van der Waals surface area (Å²) in [7, 11) is 0. The minimum Gasteiger partial charge on any atom is -0.507 e. The lowest BCUT2D eigenvalue weighted by atomic mass is 9.73. The molecule has 1 spiro atoms. The van der Waals surface area contributed by atoms with E-state index in [1.54, 1.807) is 9.58 Å². The highest BCUT2D eigenvalue weighted by atomic mass is 35.5. The summed E-state index contributed by atoms with van der Waals surface area (Å²) in [5, 5.41) is 25.1. The smallest absolute Gasteiger partial charge is 0.257 e. The Morgan fingerprint density at radius 3 is 2.64 bits per heavy atom. The van der Waals surface area contributed by atoms with Crippen molar-refractivity contribution in [2.45, 2.75) is 44.7 Å². The average molecular weight is 551 g/mol. The van der Waals surface area contributed by atoms with E-state index in [0.717, 1.165) is 5.56 Å². The first-order valence-electron chi connectivity index (χ1n) is 13.1. The summed E-state index contributed by atoms with van der Waals surface area (Å²) in [6.07, 6.45) is 3.94. The largest absolute Gasteiger partial charge is 0.507 e. The SMILES string of the molecule is O=C1NCCCn2cc(nn2)CC2(CCN(C(=O)c3cc(Cl)ccc3O)CC2)C(=O)N[C@H]1Cc1ccccc1. The van der Waals surface area contributed by atoms with Crippen molar-refractivity contribution >= 4 is 29.3 Å². The summed E-state index contributed by atoms with van der Waals surface area (Å²) in [5.41, 5.74) is 0.868. The van der Waals surface area contributed by atoms with Gasteiger partial charge in [-0.3, -0.25) is 19.1 Å². The van der Waals surface area contributed by atoms with Crippen molar-refractivity contribution in [1.82, 2.24) is 30.5 Å². The second kappa shape index (κ2) is 11.4. The van der Waals surface area contributed by atoms with Crippen LogP contribution >= 0.6 is 11.6 Å². The molecular weight excluding hydrogens is 520 g/mol. The van der Waals surface area contributed by atoms with Crippen LogP contribution in [0.3, 0.4) is 0 Å². The van der Waals surface area contributed by atoms with Crippen LogP contribution in [-0.4, -0.2) is 68.4 Å². The minimum atomic E-state index is -0.892. The molecule has 0 radical (unpaired) electrons. The normalized spacial score (nSPS) is 19.8. The van der Waals surface area contributed by atoms with Gasteiger partial charge in [-0.15, -0.1) is 5.10 Å². The van der Waals surface area contributed by atoms with Crippen LogP contribution in [0.5, 0.6) is 5.75 Å². The molecule has 3 heterocycles. The number of aromatic hydroxyl groups is 1. The number of nitrogens with zero attached hydrogens (tertiary/aromatic N) is 4. The van der Waals surface area contributed by atoms with E-state index in [-0.39, 0.29) is 29.0 Å². The van der Waals surface area contributed by atoms with Crippen molar-refractivity contribution in [3.63, 3.8) is 0 Å². The third kappa shape index (κ3) is 6.06. The van der Waals surface area contributed by atoms with E-state index in [0.29, 0.717) is 69.0 Å². The van der Waals surface area contributed by atoms with E-state index in [1.807, 2.05) is 36.5 Å². The van der Waals surface area contributed by atoms with Crippen LogP contribution < -0.4 is 10.6 Å². The van der Waals surface area contributed by atoms with E-state index in [9.17, 15) is 19.5 Å². The highest BCUT2D eigenvalue weighted by Crippen LogP contribution is 2.37. The van der Waals surface area contributed by atoms with Gasteiger partial charge < -0.3 is 20.6 Å². The number of nitrogens with one attached hydrogen (secondary N) is 2. The number of aryl methyl sites for hydroxylation is 1. The Hall–Kier alpha value is -3.92. The monoisotopic (exact) mass is 550 g/mol. The van der Waals surface area contributed by atoms with Gasteiger partial charge in [0.25, 0.3) is 5.91 Å². The van der Waals surface area contributed by atoms with E-state index >= 15 is 0 Å². The lowest BCUT2D eigenvalue weighted by Gasteiger charge is -2.41. The summed E-state index contributed by atoms with van der Waals surface area (Å²) in [6, 6.07) is 13.2. The Morgan fingerprint density at radius 2 is 1.87 bits per heavy atom. The summed E-state index contributed by atoms with van der Waals surface area (Å²) in [6.45, 7) is 1.63. The molecule has 1 saturated heterocycles. The first-order valence-corrected chi connectivity index (χ1v) is 13.5. The topological polar surface area (TPSA) is 129 Å². The number of hydrogen-bond donors (Lipinski definition) is 3. The number of carbonyl (C=O) groups excluding carboxylic acids is 3. The van der Waals surface area contributed by atoms with Crippen LogP contribution in [0.15, 0.2) is 54.7 Å². The van der Waals surface area contributed by atoms with Gasteiger partial charge in [0, 0.05) is 50.2 Å². The number of carbonyl (C=O) groups is 3. The fourth-order valence-corrected chi connectivity index (χ4v) is 5.47. The van der Waals surface area contributed by atoms with Gasteiger partial charge >= 0.3 is 0 Å². The molecule has 3 amide bonds. The first-order chi connectivity index (χ1) is 18.8. The van der Waals surface area contributed by atoms with E-state index in [4.69, 9.17) is 11.6 Å². The summed E-state index contributed by atoms with van der Waals surface area (Å²) >= 11 is 6.06. The summed E-state index contributed by atoms with van der Waals surface area (Å²) < 4.78 is 1.73. The zero-order valence-corrected chi connectivity index (χ0v) is 22.2. The molecule has 39 heavy (non-hydrogen) atoms. The fourth-order valence-electron chi connectivity index (χ4n) is 5.29. The molecule has 1 aromatic heterocycles. The number of phenols is 1. The average Bonchev–Trinajstić information content (AvgIpc) is 3.39. The third-order valence-corrected chi connectivity index (χ3v) is 7.79. The molecule has 10 nitrogen and oxygen atoms in total. The quantitative estimate of drug-likeness (QED) is 0.459. The molecule has 11 heteroatoms. The number of rotatable bonds is 3. The fraction of sp³-hybridized carbons (Fsp3) is 0.393. The second-order valence-corrected chi connectivity index (χ2v) is 10.7. The van der Waals surface area contributed by atoms with Crippen molar-refractivity contribution in [2.75, 3.05) is 19.6 Å². The molecule has 1 atom stereocenters. The number of phenolic OH excluding ortho intramolecular Hbond substituents is 1. The Kier molecular flexibility index (Phi) is 7.83. The van der Waals surface area contributed by atoms with Crippen molar-refractivity contribution in [2.24, 2.45) is 5.41 Å². The van der Waals surface area contributed by atoms with E-state index < -0.39 is 11.5 Å². The highest BCUT2D eigenvalue weighted by molar-refractivity contribution is 6.31. The molecular formula is C28H31ClN6O4. The van der Waals surface area contributed by atoms with Crippen molar-refractivity contribution in [1.29, 1.82) is 0 Å². The Balaban J connectivity index is 1.40. The van der Waals surface area contributed by atoms with Crippen LogP contribution in [0.2, 0.25) is 5.02 Å². The summed E-state index contributed by atoms with van der Waals surface area (Å²) in [4.78, 5) is 42.0. The van der Waals surface area contributed by atoms with Crippen molar-refractivity contribution < 1.29 is 19.5 Å². The minimum absolute atomic E-state index is 0.125. The number of halogens is 1. The van der Waals surface area contributed by atoms with Crippen LogP contribution in [-0.2, 0) is 29.0 Å². The number of amides is 3. The molecule has 5 rings (SSSR count). The first kappa shape index (κ1) is 26.7. The molecule has 2 aliphatic rings. The number of hydrogen-bond acceptors (Lipinski definition) is 6. The van der Waals surface area contributed by atoms with Gasteiger partial charge in [-0.25, -0.2) is 0 Å². The van der Waals surface area contributed by atoms with Crippen LogP contribution in [0.25, 0.3) is 0 Å². The number of piperidine rings is 1. The molecule has 1 fully saturated rings. The molecule has 204 valence electrons. The van der Waals surface area contributed by atoms with Gasteiger partial charge in [-0.05, 0) is 43.0 Å². The standard InChI is InChI=1S/C28H31ClN6O4/c29-20-7-8-24(36)22(16-20)26(38)34-13-9-28(10-14-34)17-21-18-35(33-32-21)12-4-11-30-25(37)23(31-27(28)39)15-19-5-2-1-3-6-19/h1-3,5-8,16,18,23,36H,4,9-15,17H2,(H,30,37)(H,31,39)/t23-/m0/s1. The third-order valence-electron chi connectivity index (χ3n) is 7.55. The maximum Gasteiger partial charge on any atom is 0.257 e. The molecule has 0 saturated carbocycles. The predicted molar refractivity (Wildman–Crippen MR) is 144 cm³/mol. The molecule has 3 N–H and O–H groups in total. The van der Waals surface area contributed by atoms with Crippen LogP contribution in [0.1, 0.15) is 40.9 Å². The Labute approximate surface area is 231 Å². The van der Waals surface area contributed by atoms with Gasteiger partial charge in [0.05, 0.1) is 16.7 Å². The molecule has 2 aliphatic heterocycles. The zero-order chi connectivity index (χ0) is 27.4. The number of aromatic nitrogens is 3. The molecule has 2 bridgehead atoms. The van der Waals surface area contributed by atoms with Gasteiger partial charge in [0.15, 0.2) is 0 Å². The van der Waals surface area contributed by atoms with Gasteiger partial charge in [-0.1, -0.05) is 47.1 Å². The highest BCUT2D eigenvalue weighted by Gasteiger charge is 2.44. The lowest BCUT2D eigenvalue weighted by Crippen LogP contribution is -2.56. The Morgan fingerprint density at radius 1 is 1.10 bits per heavy atom. The zero-order valence-electron chi connectivity index (χ0n) is 21.5. The molecule has 3 aromatic rings. The molecule has 0 aliphatic carbocycles. The second-order valence-electron chi connectivity index (χ2n) is 10.2. The van der Waals surface area contributed by atoms with Crippen LogP contribution in [0.4, 0.5) is 0 Å². The molecule has 2 aromatic carbocycles. The Bertz CT molecular complexity index is 1350. The van der Waals surface area contributed by atoms with E-state index in [2.05, 4.69) is 20.9 Å². The van der Waals surface area contributed by atoms with Gasteiger partial charge in [-0.2, -0.15) is 0 Å². The number of fused-ring (bicyclic) bond motifs is 2. The lowest BCUT2D eigenvalue weighted by molar-refractivity contribution is -0.137. The number of benzene rings is 2. The predicted octanol–water partition coefficient (Wildman–Crippen LogP) is 2.35. The number of likely N-dealkylation sites (tertiary alicyclic amines) is 1.